The maximum atomic E-state index is 14.1. The van der Waals surface area contributed by atoms with Crippen molar-refractivity contribution in [2.75, 3.05) is 19.6 Å². The molecule has 1 amide bonds. The van der Waals surface area contributed by atoms with E-state index in [0.717, 1.165) is 56.8 Å². The molecule has 0 spiro atoms. The first kappa shape index (κ1) is 19.6. The number of rotatable bonds is 5. The van der Waals surface area contributed by atoms with Gasteiger partial charge in [-0.15, -0.1) is 0 Å². The highest BCUT2D eigenvalue weighted by molar-refractivity contribution is 6.30. The van der Waals surface area contributed by atoms with Crippen molar-refractivity contribution in [3.05, 3.63) is 34.6 Å². The molecule has 0 bridgehead atoms. The number of benzene rings is 1. The van der Waals surface area contributed by atoms with Gasteiger partial charge in [-0.2, -0.15) is 0 Å². The van der Waals surface area contributed by atoms with E-state index in [9.17, 15) is 9.18 Å². The maximum Gasteiger partial charge on any atom is 0.219 e. The normalized spacial score (nSPS) is 24.7. The predicted octanol–water partition coefficient (Wildman–Crippen LogP) is 4.74. The minimum Gasteiger partial charge on any atom is -0.343 e. The number of carbonyl (C=O) groups is 1. The van der Waals surface area contributed by atoms with E-state index < -0.39 is 0 Å². The van der Waals surface area contributed by atoms with Crippen molar-refractivity contribution < 1.29 is 9.18 Å². The van der Waals surface area contributed by atoms with Crippen LogP contribution >= 0.6 is 11.6 Å². The van der Waals surface area contributed by atoms with Crippen LogP contribution in [-0.2, 0) is 4.79 Å². The highest BCUT2D eigenvalue weighted by Crippen LogP contribution is 2.38. The molecule has 1 saturated carbocycles. The van der Waals surface area contributed by atoms with Crippen molar-refractivity contribution in [3.63, 3.8) is 0 Å². The number of hydrogen-bond acceptors (Lipinski definition) is 2. The number of nitrogens with one attached hydrogen (secondary N) is 1. The third kappa shape index (κ3) is 5.20. The highest BCUT2D eigenvalue weighted by atomic mass is 35.5. The number of piperidine rings is 1. The largest absolute Gasteiger partial charge is 0.343 e. The lowest BCUT2D eigenvalue weighted by atomic mass is 9.77. The van der Waals surface area contributed by atoms with E-state index in [-0.39, 0.29) is 11.7 Å². The van der Waals surface area contributed by atoms with Gasteiger partial charge in [0.05, 0.1) is 0 Å². The lowest BCUT2D eigenvalue weighted by Gasteiger charge is -2.33. The van der Waals surface area contributed by atoms with Crippen LogP contribution in [0, 0.1) is 11.7 Å². The molecule has 26 heavy (non-hydrogen) atoms. The number of likely N-dealkylation sites (tertiary alicyclic amines) is 1. The summed E-state index contributed by atoms with van der Waals surface area (Å²) in [7, 11) is 0. The predicted molar refractivity (Wildman–Crippen MR) is 104 cm³/mol. The first-order valence-electron chi connectivity index (χ1n) is 9.96. The summed E-state index contributed by atoms with van der Waals surface area (Å²) in [4.78, 5) is 13.3. The van der Waals surface area contributed by atoms with Gasteiger partial charge in [-0.05, 0) is 81.0 Å². The van der Waals surface area contributed by atoms with Crippen LogP contribution in [0.3, 0.4) is 0 Å². The van der Waals surface area contributed by atoms with E-state index in [0.29, 0.717) is 17.0 Å². The lowest BCUT2D eigenvalue weighted by Crippen LogP contribution is -2.44. The summed E-state index contributed by atoms with van der Waals surface area (Å²) >= 11 is 5.86. The van der Waals surface area contributed by atoms with Crippen LogP contribution in [0.2, 0.25) is 5.02 Å². The molecule has 0 atom stereocenters. The molecule has 1 aliphatic carbocycles. The molecule has 2 aliphatic rings. The van der Waals surface area contributed by atoms with Crippen molar-refractivity contribution in [2.24, 2.45) is 5.92 Å². The van der Waals surface area contributed by atoms with Crippen LogP contribution in [0.25, 0.3) is 0 Å². The molecule has 0 radical (unpaired) electrons. The molecule has 1 aliphatic heterocycles. The fourth-order valence-electron chi connectivity index (χ4n) is 4.48. The third-order valence-corrected chi connectivity index (χ3v) is 6.41. The van der Waals surface area contributed by atoms with Gasteiger partial charge in [0.15, 0.2) is 0 Å². The Kier molecular flexibility index (Phi) is 6.93. The van der Waals surface area contributed by atoms with Gasteiger partial charge in [0.25, 0.3) is 0 Å². The van der Waals surface area contributed by atoms with Gasteiger partial charge < -0.3 is 10.2 Å². The van der Waals surface area contributed by atoms with Crippen LogP contribution in [-0.4, -0.2) is 36.5 Å². The molecule has 1 saturated heterocycles. The Morgan fingerprint density at radius 1 is 1.19 bits per heavy atom. The third-order valence-electron chi connectivity index (χ3n) is 6.17. The summed E-state index contributed by atoms with van der Waals surface area (Å²) in [6.45, 7) is 4.46. The number of nitrogens with zero attached hydrogens (tertiary/aromatic N) is 1. The number of carbonyl (C=O) groups excluding carboxylic acids is 1. The molecule has 1 heterocycles. The number of halogens is 2. The Bertz CT molecular complexity index is 608. The maximum absolute atomic E-state index is 14.1. The lowest BCUT2D eigenvalue weighted by molar-refractivity contribution is -0.129. The molecule has 0 aromatic heterocycles. The van der Waals surface area contributed by atoms with Gasteiger partial charge in [-0.3, -0.25) is 4.79 Å². The Morgan fingerprint density at radius 3 is 2.50 bits per heavy atom. The summed E-state index contributed by atoms with van der Waals surface area (Å²) < 4.78 is 14.1. The smallest absolute Gasteiger partial charge is 0.219 e. The van der Waals surface area contributed by atoms with Gasteiger partial charge in [0, 0.05) is 31.1 Å². The second kappa shape index (κ2) is 9.18. The molecule has 1 aromatic carbocycles. The molecule has 1 N–H and O–H groups in total. The van der Waals surface area contributed by atoms with Crippen molar-refractivity contribution in [1.29, 1.82) is 0 Å². The number of amides is 1. The van der Waals surface area contributed by atoms with Crippen molar-refractivity contribution in [1.82, 2.24) is 10.2 Å². The Balaban J connectivity index is 1.35. The van der Waals surface area contributed by atoms with Crippen LogP contribution < -0.4 is 5.32 Å². The molecule has 0 unspecified atom stereocenters. The molecule has 144 valence electrons. The van der Waals surface area contributed by atoms with Gasteiger partial charge >= 0.3 is 0 Å². The Morgan fingerprint density at radius 2 is 1.88 bits per heavy atom. The zero-order valence-corrected chi connectivity index (χ0v) is 16.4. The van der Waals surface area contributed by atoms with Gasteiger partial charge in [0.2, 0.25) is 5.91 Å². The van der Waals surface area contributed by atoms with Crippen molar-refractivity contribution >= 4 is 17.5 Å². The molecule has 3 rings (SSSR count). The second-order valence-electron chi connectivity index (χ2n) is 7.91. The topological polar surface area (TPSA) is 32.3 Å². The SMILES string of the molecule is CC(=O)N1CCC(NCCC2CCC(c3ccc(Cl)cc3F)CC2)CC1. The fourth-order valence-corrected chi connectivity index (χ4v) is 4.64. The van der Waals surface area contributed by atoms with Gasteiger partial charge in [0.1, 0.15) is 5.82 Å². The minimum atomic E-state index is -0.153. The minimum absolute atomic E-state index is 0.153. The van der Waals surface area contributed by atoms with E-state index in [1.54, 1.807) is 13.0 Å². The average Bonchev–Trinajstić information content (AvgIpc) is 2.63. The van der Waals surface area contributed by atoms with Gasteiger partial charge in [-0.25, -0.2) is 4.39 Å². The van der Waals surface area contributed by atoms with E-state index in [1.165, 1.54) is 25.3 Å². The van der Waals surface area contributed by atoms with Gasteiger partial charge in [-0.1, -0.05) is 17.7 Å². The van der Waals surface area contributed by atoms with E-state index in [2.05, 4.69) is 5.32 Å². The molecular weight excluding hydrogens is 351 g/mol. The quantitative estimate of drug-likeness (QED) is 0.799. The molecule has 1 aromatic rings. The van der Waals surface area contributed by atoms with Crippen molar-refractivity contribution in [3.8, 4) is 0 Å². The first-order valence-corrected chi connectivity index (χ1v) is 10.3. The standard InChI is InChI=1S/C21H30ClFN2O/c1-15(26)25-12-9-19(10-13-25)24-11-8-16-2-4-17(5-3-16)20-7-6-18(22)14-21(20)23/h6-7,14,16-17,19,24H,2-5,8-13H2,1H3. The van der Waals surface area contributed by atoms with Crippen LogP contribution in [0.15, 0.2) is 18.2 Å². The Labute approximate surface area is 161 Å². The molecule has 2 fully saturated rings. The van der Waals surface area contributed by atoms with Crippen LogP contribution in [0.1, 0.15) is 63.4 Å². The van der Waals surface area contributed by atoms with E-state index in [1.807, 2.05) is 11.0 Å². The summed E-state index contributed by atoms with van der Waals surface area (Å²) in [5.74, 6) is 1.12. The van der Waals surface area contributed by atoms with Crippen LogP contribution in [0.4, 0.5) is 4.39 Å². The monoisotopic (exact) mass is 380 g/mol. The van der Waals surface area contributed by atoms with E-state index in [4.69, 9.17) is 11.6 Å². The number of hydrogen-bond donors (Lipinski definition) is 1. The summed E-state index contributed by atoms with van der Waals surface area (Å²) in [5.41, 5.74) is 0.836. The zero-order chi connectivity index (χ0) is 18.5. The zero-order valence-electron chi connectivity index (χ0n) is 15.6. The molecule has 5 heteroatoms. The average molecular weight is 381 g/mol. The Hall–Kier alpha value is -1.13. The summed E-state index contributed by atoms with van der Waals surface area (Å²) in [5, 5.41) is 4.15. The molecular formula is C21H30ClFN2O. The van der Waals surface area contributed by atoms with Crippen molar-refractivity contribution in [2.45, 2.75) is 63.8 Å². The van der Waals surface area contributed by atoms with Crippen LogP contribution in [0.5, 0.6) is 0 Å². The second-order valence-corrected chi connectivity index (χ2v) is 8.34. The fraction of sp³-hybridized carbons (Fsp3) is 0.667. The summed E-state index contributed by atoms with van der Waals surface area (Å²) in [6, 6.07) is 5.64. The molecule has 3 nitrogen and oxygen atoms in total. The highest BCUT2D eigenvalue weighted by Gasteiger charge is 2.25. The summed E-state index contributed by atoms with van der Waals surface area (Å²) in [6.07, 6.45) is 7.81. The first-order chi connectivity index (χ1) is 12.5. The van der Waals surface area contributed by atoms with E-state index >= 15 is 0 Å².